The summed E-state index contributed by atoms with van der Waals surface area (Å²) < 4.78 is 0. The fourth-order valence-electron chi connectivity index (χ4n) is 2.88. The van der Waals surface area contributed by atoms with Crippen LogP contribution in [0.4, 0.5) is 0 Å². The molecule has 0 amide bonds. The number of hydrogen-bond acceptors (Lipinski definition) is 2. The zero-order valence-corrected chi connectivity index (χ0v) is 10.2. The molecule has 2 atom stereocenters. The molecule has 0 aliphatic heterocycles. The van der Waals surface area contributed by atoms with Crippen molar-refractivity contribution in [1.29, 1.82) is 0 Å². The molecule has 18 heavy (non-hydrogen) atoms. The highest BCUT2D eigenvalue weighted by atomic mass is 16.3. The van der Waals surface area contributed by atoms with Crippen molar-refractivity contribution in [2.75, 3.05) is 0 Å². The largest absolute Gasteiger partial charge is 0.390 e. The average molecular weight is 244 g/mol. The lowest BCUT2D eigenvalue weighted by Crippen LogP contribution is -2.36. The highest BCUT2D eigenvalue weighted by molar-refractivity contribution is 5.37. The van der Waals surface area contributed by atoms with Gasteiger partial charge in [-0.2, -0.15) is 0 Å². The SMILES string of the molecule is C[C@@]1(O)Cc2[nH][nH]c(=O)c2[C@@H](c2ccccc2)C1. The maximum atomic E-state index is 11.9. The first kappa shape index (κ1) is 11.3. The Labute approximate surface area is 105 Å². The minimum Gasteiger partial charge on any atom is -0.390 e. The third-order valence-corrected chi connectivity index (χ3v) is 3.65. The molecule has 0 saturated heterocycles. The molecule has 4 nitrogen and oxygen atoms in total. The second-order valence-electron chi connectivity index (χ2n) is 5.31. The number of aliphatic hydroxyl groups is 1. The summed E-state index contributed by atoms with van der Waals surface area (Å²) in [5.41, 5.74) is 1.81. The van der Waals surface area contributed by atoms with E-state index in [1.165, 1.54) is 0 Å². The Balaban J connectivity index is 2.15. The van der Waals surface area contributed by atoms with E-state index in [0.29, 0.717) is 12.8 Å². The topological polar surface area (TPSA) is 68.9 Å². The lowest BCUT2D eigenvalue weighted by atomic mass is 9.75. The summed E-state index contributed by atoms with van der Waals surface area (Å²) in [4.78, 5) is 11.9. The van der Waals surface area contributed by atoms with E-state index >= 15 is 0 Å². The van der Waals surface area contributed by atoms with E-state index in [2.05, 4.69) is 10.2 Å². The summed E-state index contributed by atoms with van der Waals surface area (Å²) in [5.74, 6) is -0.0417. The van der Waals surface area contributed by atoms with E-state index in [1.54, 1.807) is 0 Å². The third kappa shape index (κ3) is 1.78. The average Bonchev–Trinajstić information content (AvgIpc) is 2.69. The van der Waals surface area contributed by atoms with E-state index in [4.69, 9.17) is 0 Å². The van der Waals surface area contributed by atoms with Crippen LogP contribution >= 0.6 is 0 Å². The van der Waals surface area contributed by atoms with Gasteiger partial charge in [0.2, 0.25) is 0 Å². The van der Waals surface area contributed by atoms with Crippen molar-refractivity contribution in [3.63, 3.8) is 0 Å². The summed E-state index contributed by atoms with van der Waals surface area (Å²) in [5, 5.41) is 15.8. The van der Waals surface area contributed by atoms with Gasteiger partial charge in [0.05, 0.1) is 5.60 Å². The molecule has 1 heterocycles. The van der Waals surface area contributed by atoms with Crippen LogP contribution in [0.3, 0.4) is 0 Å². The van der Waals surface area contributed by atoms with E-state index < -0.39 is 5.60 Å². The van der Waals surface area contributed by atoms with Gasteiger partial charge in [-0.3, -0.25) is 9.89 Å². The molecule has 0 unspecified atom stereocenters. The summed E-state index contributed by atoms with van der Waals surface area (Å²) in [7, 11) is 0. The molecule has 3 N–H and O–H groups in total. The second kappa shape index (κ2) is 3.85. The van der Waals surface area contributed by atoms with Crippen molar-refractivity contribution in [1.82, 2.24) is 10.2 Å². The summed E-state index contributed by atoms with van der Waals surface area (Å²) in [6.07, 6.45) is 1.06. The number of benzene rings is 1. The first-order valence-electron chi connectivity index (χ1n) is 6.13. The molecule has 0 fully saturated rings. The molecular weight excluding hydrogens is 228 g/mol. The number of aromatic amines is 2. The predicted molar refractivity (Wildman–Crippen MR) is 68.6 cm³/mol. The Morgan fingerprint density at radius 1 is 1.28 bits per heavy atom. The lowest BCUT2D eigenvalue weighted by molar-refractivity contribution is 0.0395. The van der Waals surface area contributed by atoms with Crippen molar-refractivity contribution in [3.05, 3.63) is 57.5 Å². The van der Waals surface area contributed by atoms with Gasteiger partial charge in [-0.25, -0.2) is 0 Å². The van der Waals surface area contributed by atoms with Crippen molar-refractivity contribution in [2.45, 2.75) is 31.3 Å². The van der Waals surface area contributed by atoms with Crippen LogP contribution in [0.2, 0.25) is 0 Å². The quantitative estimate of drug-likeness (QED) is 0.712. The van der Waals surface area contributed by atoms with E-state index in [0.717, 1.165) is 16.8 Å². The van der Waals surface area contributed by atoms with Crippen LogP contribution < -0.4 is 5.56 Å². The van der Waals surface area contributed by atoms with Crippen molar-refractivity contribution in [3.8, 4) is 0 Å². The minimum atomic E-state index is -0.779. The normalized spacial score (nSPS) is 26.9. The van der Waals surface area contributed by atoms with Gasteiger partial charge in [0.1, 0.15) is 0 Å². The van der Waals surface area contributed by atoms with Crippen LogP contribution in [-0.4, -0.2) is 20.9 Å². The van der Waals surface area contributed by atoms with Crippen LogP contribution in [0.1, 0.15) is 36.1 Å². The summed E-state index contributed by atoms with van der Waals surface area (Å²) >= 11 is 0. The Bertz CT molecular complexity index is 610. The van der Waals surface area contributed by atoms with Crippen LogP contribution in [-0.2, 0) is 6.42 Å². The van der Waals surface area contributed by atoms with Crippen LogP contribution in [0.25, 0.3) is 0 Å². The number of aromatic nitrogens is 2. The highest BCUT2D eigenvalue weighted by Crippen LogP contribution is 2.38. The van der Waals surface area contributed by atoms with Gasteiger partial charge in [-0.15, -0.1) is 0 Å². The Morgan fingerprint density at radius 3 is 2.72 bits per heavy atom. The predicted octanol–water partition coefficient (Wildman–Crippen LogP) is 1.53. The fourth-order valence-corrected chi connectivity index (χ4v) is 2.88. The molecule has 94 valence electrons. The van der Waals surface area contributed by atoms with Gasteiger partial charge < -0.3 is 10.2 Å². The smallest absolute Gasteiger partial charge is 0.267 e. The molecule has 2 aromatic rings. The Morgan fingerprint density at radius 2 is 2.00 bits per heavy atom. The zero-order valence-electron chi connectivity index (χ0n) is 10.2. The number of nitrogens with one attached hydrogen (secondary N) is 2. The molecule has 0 bridgehead atoms. The van der Waals surface area contributed by atoms with E-state index in [1.807, 2.05) is 37.3 Å². The number of rotatable bonds is 1. The van der Waals surface area contributed by atoms with Gasteiger partial charge in [0.25, 0.3) is 5.56 Å². The first-order valence-corrected chi connectivity index (χ1v) is 6.13. The standard InChI is InChI=1S/C14H16N2O2/c1-14(18)7-10(9-5-3-2-4-6-9)12-11(8-14)15-16-13(12)17/h2-6,10,18H,7-8H2,1H3,(H2,15,16,17)/t10-,14+/m1/s1. The van der Waals surface area contributed by atoms with Gasteiger partial charge in [0, 0.05) is 23.6 Å². The second-order valence-corrected chi connectivity index (χ2v) is 5.31. The molecule has 0 radical (unpaired) electrons. The van der Waals surface area contributed by atoms with Gasteiger partial charge in [-0.05, 0) is 18.9 Å². The van der Waals surface area contributed by atoms with Crippen LogP contribution in [0, 0.1) is 0 Å². The number of hydrogen-bond donors (Lipinski definition) is 3. The van der Waals surface area contributed by atoms with Gasteiger partial charge >= 0.3 is 0 Å². The maximum absolute atomic E-state index is 11.9. The lowest BCUT2D eigenvalue weighted by Gasteiger charge is -2.33. The third-order valence-electron chi connectivity index (χ3n) is 3.65. The maximum Gasteiger partial charge on any atom is 0.267 e. The van der Waals surface area contributed by atoms with Crippen molar-refractivity contribution < 1.29 is 5.11 Å². The molecule has 3 rings (SSSR count). The summed E-state index contributed by atoms with van der Waals surface area (Å²) in [6, 6.07) is 9.87. The minimum absolute atomic E-state index is 0.0417. The number of fused-ring (bicyclic) bond motifs is 1. The molecule has 1 aliphatic rings. The highest BCUT2D eigenvalue weighted by Gasteiger charge is 2.37. The van der Waals surface area contributed by atoms with Gasteiger partial charge in [-0.1, -0.05) is 30.3 Å². The van der Waals surface area contributed by atoms with Crippen molar-refractivity contribution in [2.24, 2.45) is 0 Å². The Kier molecular flexibility index (Phi) is 2.41. The molecule has 0 spiro atoms. The van der Waals surface area contributed by atoms with E-state index in [9.17, 15) is 9.90 Å². The molecule has 0 saturated carbocycles. The summed E-state index contributed by atoms with van der Waals surface area (Å²) in [6.45, 7) is 1.82. The molecule has 1 aromatic carbocycles. The molecule has 1 aliphatic carbocycles. The Hall–Kier alpha value is -1.81. The first-order chi connectivity index (χ1) is 8.57. The molecule has 1 aromatic heterocycles. The van der Waals surface area contributed by atoms with E-state index in [-0.39, 0.29) is 11.5 Å². The van der Waals surface area contributed by atoms with Crippen molar-refractivity contribution >= 4 is 0 Å². The molecule has 4 heteroatoms. The van der Waals surface area contributed by atoms with Crippen LogP contribution in [0.5, 0.6) is 0 Å². The van der Waals surface area contributed by atoms with Crippen LogP contribution in [0.15, 0.2) is 35.1 Å². The monoisotopic (exact) mass is 244 g/mol. The number of H-pyrrole nitrogens is 2. The van der Waals surface area contributed by atoms with Gasteiger partial charge in [0.15, 0.2) is 0 Å². The fraction of sp³-hybridized carbons (Fsp3) is 0.357. The molecular formula is C14H16N2O2. The zero-order chi connectivity index (χ0) is 12.8.